The second-order valence-electron chi connectivity index (χ2n) is 6.62. The summed E-state index contributed by atoms with van der Waals surface area (Å²) in [5.41, 5.74) is 2.91. The highest BCUT2D eigenvalue weighted by atomic mass is 35.5. The smallest absolute Gasteiger partial charge is 0.306 e. The van der Waals surface area contributed by atoms with Gasteiger partial charge in [-0.1, -0.05) is 48.9 Å². The van der Waals surface area contributed by atoms with Crippen LogP contribution in [0.25, 0.3) is 22.0 Å². The highest BCUT2D eigenvalue weighted by molar-refractivity contribution is 6.30. The first-order chi connectivity index (χ1) is 13.0. The average Bonchev–Trinajstić information content (AvgIpc) is 2.66. The highest BCUT2D eigenvalue weighted by Gasteiger charge is 2.11. The van der Waals surface area contributed by atoms with Gasteiger partial charge in [0.1, 0.15) is 0 Å². The van der Waals surface area contributed by atoms with Gasteiger partial charge in [0, 0.05) is 16.5 Å². The Bertz CT molecular complexity index is 942. The van der Waals surface area contributed by atoms with Crippen LogP contribution in [-0.4, -0.2) is 22.7 Å². The van der Waals surface area contributed by atoms with Gasteiger partial charge < -0.3 is 9.84 Å². The van der Waals surface area contributed by atoms with E-state index in [0.717, 1.165) is 34.9 Å². The van der Waals surface area contributed by atoms with Crippen molar-refractivity contribution in [2.75, 3.05) is 6.61 Å². The molecule has 0 radical (unpaired) electrons. The van der Waals surface area contributed by atoms with Gasteiger partial charge >= 0.3 is 5.97 Å². The molecule has 1 atom stereocenters. The van der Waals surface area contributed by atoms with Gasteiger partial charge in [0.05, 0.1) is 18.0 Å². The van der Waals surface area contributed by atoms with Crippen LogP contribution >= 0.6 is 11.6 Å². The molecule has 0 saturated heterocycles. The zero-order valence-corrected chi connectivity index (χ0v) is 15.9. The van der Waals surface area contributed by atoms with E-state index in [9.17, 15) is 4.79 Å². The molecule has 5 heteroatoms. The third-order valence-corrected chi connectivity index (χ3v) is 4.77. The van der Waals surface area contributed by atoms with E-state index in [1.54, 1.807) is 6.92 Å². The Kier molecular flexibility index (Phi) is 6.30. The number of carbonyl (C=O) groups is 1. The number of fused-ring (bicyclic) bond motifs is 1. The minimum atomic E-state index is -0.752. The summed E-state index contributed by atoms with van der Waals surface area (Å²) in [4.78, 5) is 15.4. The van der Waals surface area contributed by atoms with E-state index in [4.69, 9.17) is 21.4 Å². The Hall–Kier alpha value is -2.59. The summed E-state index contributed by atoms with van der Waals surface area (Å²) in [7, 11) is 0. The summed E-state index contributed by atoms with van der Waals surface area (Å²) in [6.45, 7) is 2.23. The topological polar surface area (TPSA) is 59.4 Å². The van der Waals surface area contributed by atoms with Crippen molar-refractivity contribution in [1.82, 2.24) is 4.98 Å². The minimum absolute atomic E-state index is 0.321. The van der Waals surface area contributed by atoms with Gasteiger partial charge in [0.25, 0.3) is 0 Å². The van der Waals surface area contributed by atoms with E-state index in [1.165, 1.54) is 0 Å². The molecule has 0 fully saturated rings. The molecule has 0 aliphatic carbocycles. The molecule has 0 saturated carbocycles. The predicted octanol–water partition coefficient (Wildman–Crippen LogP) is 5.83. The lowest BCUT2D eigenvalue weighted by atomic mass is 10.0. The van der Waals surface area contributed by atoms with Gasteiger partial charge in [-0.15, -0.1) is 0 Å². The Balaban J connectivity index is 1.76. The molecule has 0 amide bonds. The van der Waals surface area contributed by atoms with Crippen molar-refractivity contribution < 1.29 is 14.6 Å². The predicted molar refractivity (Wildman–Crippen MR) is 108 cm³/mol. The van der Waals surface area contributed by atoms with Crippen molar-refractivity contribution in [3.8, 4) is 17.0 Å². The Morgan fingerprint density at radius 1 is 1.15 bits per heavy atom. The summed E-state index contributed by atoms with van der Waals surface area (Å²) >= 11 is 6.16. The van der Waals surface area contributed by atoms with Crippen molar-refractivity contribution in [3.05, 3.63) is 59.6 Å². The van der Waals surface area contributed by atoms with Crippen molar-refractivity contribution >= 4 is 28.5 Å². The number of halogens is 1. The van der Waals surface area contributed by atoms with E-state index in [0.29, 0.717) is 23.9 Å². The fraction of sp³-hybridized carbons (Fsp3) is 0.273. The van der Waals surface area contributed by atoms with Crippen LogP contribution in [0.3, 0.4) is 0 Å². The van der Waals surface area contributed by atoms with Gasteiger partial charge in [-0.2, -0.15) is 0 Å². The van der Waals surface area contributed by atoms with Gasteiger partial charge in [0.15, 0.2) is 0 Å². The van der Waals surface area contributed by atoms with E-state index in [1.807, 2.05) is 54.6 Å². The van der Waals surface area contributed by atoms with Crippen LogP contribution in [0.2, 0.25) is 5.02 Å². The number of nitrogens with zero attached hydrogens (tertiary/aromatic N) is 1. The monoisotopic (exact) mass is 383 g/mol. The fourth-order valence-electron chi connectivity index (χ4n) is 2.97. The molecule has 0 aliphatic rings. The van der Waals surface area contributed by atoms with E-state index < -0.39 is 5.97 Å². The third kappa shape index (κ3) is 4.98. The first-order valence-electron chi connectivity index (χ1n) is 9.06. The van der Waals surface area contributed by atoms with Crippen LogP contribution in [0.1, 0.15) is 26.2 Å². The number of aliphatic carboxylic acids is 1. The molecule has 1 N–H and O–H groups in total. The second kappa shape index (κ2) is 8.87. The number of rotatable bonds is 8. The summed E-state index contributed by atoms with van der Waals surface area (Å²) in [5, 5.41) is 10.7. The molecule has 27 heavy (non-hydrogen) atoms. The molecule has 1 unspecified atom stereocenters. The number of carboxylic acid groups (broad SMARTS) is 1. The highest BCUT2D eigenvalue weighted by Crippen LogP contribution is 2.32. The Morgan fingerprint density at radius 3 is 2.74 bits per heavy atom. The number of ether oxygens (including phenoxy) is 1. The summed E-state index contributed by atoms with van der Waals surface area (Å²) in [6.07, 6.45) is 2.25. The minimum Gasteiger partial charge on any atom is -0.481 e. The number of pyridine rings is 1. The molecule has 1 heterocycles. The molecule has 0 bridgehead atoms. The molecule has 2 aromatic carbocycles. The van der Waals surface area contributed by atoms with Crippen molar-refractivity contribution in [2.45, 2.75) is 26.2 Å². The largest absolute Gasteiger partial charge is 0.481 e. The second-order valence-corrected chi connectivity index (χ2v) is 7.06. The summed E-state index contributed by atoms with van der Waals surface area (Å²) in [5.74, 6) is -0.508. The van der Waals surface area contributed by atoms with Crippen LogP contribution in [0.5, 0.6) is 5.88 Å². The zero-order chi connectivity index (χ0) is 19.2. The Labute approximate surface area is 163 Å². The molecule has 4 nitrogen and oxygen atoms in total. The Morgan fingerprint density at radius 2 is 1.96 bits per heavy atom. The average molecular weight is 384 g/mol. The van der Waals surface area contributed by atoms with E-state index in [2.05, 4.69) is 4.98 Å². The van der Waals surface area contributed by atoms with Crippen molar-refractivity contribution in [1.29, 1.82) is 0 Å². The van der Waals surface area contributed by atoms with Crippen LogP contribution in [0.4, 0.5) is 0 Å². The van der Waals surface area contributed by atoms with Gasteiger partial charge in [-0.05, 0) is 48.6 Å². The molecular formula is C22H22ClNO3. The van der Waals surface area contributed by atoms with Crippen molar-refractivity contribution in [3.63, 3.8) is 0 Å². The summed E-state index contributed by atoms with van der Waals surface area (Å²) in [6, 6.07) is 17.6. The number of hydrogen-bond acceptors (Lipinski definition) is 3. The fourth-order valence-corrected chi connectivity index (χ4v) is 3.16. The first-order valence-corrected chi connectivity index (χ1v) is 9.44. The molecule has 140 valence electrons. The maximum atomic E-state index is 10.9. The number of hydrogen-bond donors (Lipinski definition) is 1. The number of benzene rings is 2. The molecule has 0 spiro atoms. The molecule has 3 rings (SSSR count). The SMILES string of the molecule is CC(CCCCOc1cc(-c2cccc(Cl)c2)c2ccccc2n1)C(=O)O. The van der Waals surface area contributed by atoms with Gasteiger partial charge in [-0.25, -0.2) is 4.98 Å². The quantitative estimate of drug-likeness (QED) is 0.497. The molecule has 0 aliphatic heterocycles. The van der Waals surface area contributed by atoms with Gasteiger partial charge in [0.2, 0.25) is 5.88 Å². The standard InChI is InChI=1S/C22H22ClNO3/c1-15(22(25)26)7-4-5-12-27-21-14-19(16-8-6-9-17(23)13-16)18-10-2-3-11-20(18)24-21/h2-3,6,8-11,13-15H,4-5,7,12H2,1H3,(H,25,26). The number of para-hydroxylation sites is 1. The lowest BCUT2D eigenvalue weighted by molar-refractivity contribution is -0.141. The van der Waals surface area contributed by atoms with Crippen LogP contribution in [-0.2, 0) is 4.79 Å². The van der Waals surface area contributed by atoms with E-state index in [-0.39, 0.29) is 5.92 Å². The number of carboxylic acids is 1. The maximum absolute atomic E-state index is 10.9. The molecular weight excluding hydrogens is 362 g/mol. The lowest BCUT2D eigenvalue weighted by Gasteiger charge is -2.12. The number of unbranched alkanes of at least 4 members (excludes halogenated alkanes) is 1. The molecule has 3 aromatic rings. The van der Waals surface area contributed by atoms with Crippen molar-refractivity contribution in [2.24, 2.45) is 5.92 Å². The maximum Gasteiger partial charge on any atom is 0.306 e. The first kappa shape index (κ1) is 19.2. The van der Waals surface area contributed by atoms with Crippen LogP contribution in [0.15, 0.2) is 54.6 Å². The zero-order valence-electron chi connectivity index (χ0n) is 15.2. The van der Waals surface area contributed by atoms with Crippen LogP contribution in [0, 0.1) is 5.92 Å². The molecule has 1 aromatic heterocycles. The normalized spacial score (nSPS) is 12.1. The lowest BCUT2D eigenvalue weighted by Crippen LogP contribution is -2.09. The van der Waals surface area contributed by atoms with E-state index >= 15 is 0 Å². The van der Waals surface area contributed by atoms with Gasteiger partial charge in [-0.3, -0.25) is 4.79 Å². The third-order valence-electron chi connectivity index (χ3n) is 4.53. The van der Waals surface area contributed by atoms with Crippen LogP contribution < -0.4 is 4.74 Å². The summed E-state index contributed by atoms with van der Waals surface area (Å²) < 4.78 is 5.86. The number of aromatic nitrogens is 1.